The van der Waals surface area contributed by atoms with E-state index in [1.165, 1.54) is 0 Å². The molecule has 0 atom stereocenters. The summed E-state index contributed by atoms with van der Waals surface area (Å²) in [5, 5.41) is 0. The van der Waals surface area contributed by atoms with Gasteiger partial charge in [-0.1, -0.05) is 24.3 Å². The van der Waals surface area contributed by atoms with E-state index < -0.39 is 0 Å². The van der Waals surface area contributed by atoms with Crippen molar-refractivity contribution in [2.45, 2.75) is 0 Å². The van der Waals surface area contributed by atoms with Gasteiger partial charge in [0.15, 0.2) is 11.6 Å². The minimum Gasteiger partial charge on any atom is -0.297 e. The minimum atomic E-state index is 0.773. The van der Waals surface area contributed by atoms with Crippen LogP contribution in [0.15, 0.2) is 97.6 Å². The molecule has 0 fully saturated rings. The van der Waals surface area contributed by atoms with Gasteiger partial charge < -0.3 is 0 Å². The Balaban J connectivity index is 1.49. The second-order valence-electron chi connectivity index (χ2n) is 7.73. The van der Waals surface area contributed by atoms with Gasteiger partial charge in [0.1, 0.15) is 0 Å². The maximum absolute atomic E-state index is 4.98. The van der Waals surface area contributed by atoms with Crippen molar-refractivity contribution < 1.29 is 0 Å². The number of imidazole rings is 2. The average Bonchev–Trinajstić information content (AvgIpc) is 3.46. The van der Waals surface area contributed by atoms with Crippen molar-refractivity contribution >= 4 is 35.3 Å². The van der Waals surface area contributed by atoms with Crippen LogP contribution in [0.4, 0.5) is 0 Å². The molecule has 6 aromatic heterocycles. The van der Waals surface area contributed by atoms with Gasteiger partial charge in [-0.25, -0.2) is 9.97 Å². The molecule has 0 N–H and O–H groups in total. The normalized spacial score (nSPS) is 11.9. The fraction of sp³-hybridized carbons (Fsp3) is 0. The molecule has 6 aromatic rings. The van der Waals surface area contributed by atoms with Gasteiger partial charge in [0.25, 0.3) is 0 Å². The van der Waals surface area contributed by atoms with Crippen LogP contribution in [-0.4, -0.2) is 28.7 Å². The first-order chi connectivity index (χ1) is 16.9. The highest BCUT2D eigenvalue weighted by atomic mass is 15.1. The monoisotopic (exact) mass is 440 g/mol. The average molecular weight is 441 g/mol. The molecule has 0 aromatic carbocycles. The molecule has 0 saturated carbocycles. The van der Waals surface area contributed by atoms with E-state index in [-0.39, 0.29) is 0 Å². The van der Waals surface area contributed by atoms with Crippen LogP contribution in [0.5, 0.6) is 0 Å². The largest absolute Gasteiger partial charge is 0.297 e. The summed E-state index contributed by atoms with van der Waals surface area (Å²) in [6.45, 7) is 0. The molecule has 0 amide bonds. The molecule has 6 heterocycles. The van der Waals surface area contributed by atoms with Gasteiger partial charge in [0.05, 0.1) is 33.8 Å². The Bertz CT molecular complexity index is 1520. The molecule has 0 saturated heterocycles. The highest BCUT2D eigenvalue weighted by molar-refractivity contribution is 5.81. The summed E-state index contributed by atoms with van der Waals surface area (Å²) in [4.78, 5) is 18.7. The Morgan fingerprint density at radius 3 is 1.41 bits per heavy atom. The van der Waals surface area contributed by atoms with E-state index in [9.17, 15) is 0 Å². The van der Waals surface area contributed by atoms with Gasteiger partial charge in [0, 0.05) is 24.8 Å². The maximum Gasteiger partial charge on any atom is 0.182 e. The van der Waals surface area contributed by atoms with E-state index in [0.29, 0.717) is 0 Å². The van der Waals surface area contributed by atoms with Crippen LogP contribution in [0.3, 0.4) is 0 Å². The molecular weight excluding hydrogens is 420 g/mol. The van der Waals surface area contributed by atoms with Crippen molar-refractivity contribution in [2.24, 2.45) is 0 Å². The van der Waals surface area contributed by atoms with Crippen LogP contribution in [0.2, 0.25) is 0 Å². The van der Waals surface area contributed by atoms with E-state index in [0.717, 1.165) is 45.5 Å². The number of pyridine rings is 4. The topological polar surface area (TPSA) is 60.4 Å². The molecule has 34 heavy (non-hydrogen) atoms. The Labute approximate surface area is 196 Å². The SMILES string of the molecule is C(=C\c1nc(-c2nc(/C=C/c3ccccn3)c3ccccn23)n2ccccc12)/c1ccccn1. The van der Waals surface area contributed by atoms with Crippen LogP contribution in [0.25, 0.3) is 47.0 Å². The number of hydrogen-bond donors (Lipinski definition) is 0. The number of fused-ring (bicyclic) bond motifs is 2. The highest BCUT2D eigenvalue weighted by Gasteiger charge is 2.17. The van der Waals surface area contributed by atoms with Crippen molar-refractivity contribution in [2.75, 3.05) is 0 Å². The van der Waals surface area contributed by atoms with E-state index >= 15 is 0 Å². The molecule has 0 spiro atoms. The lowest BCUT2D eigenvalue weighted by atomic mass is 10.2. The number of hydrogen-bond acceptors (Lipinski definition) is 4. The van der Waals surface area contributed by atoms with Gasteiger partial charge in [-0.15, -0.1) is 0 Å². The van der Waals surface area contributed by atoms with Crippen LogP contribution < -0.4 is 0 Å². The standard InChI is InChI=1S/C28H20N6/c1-5-17-29-21(9-1)13-15-23-25-11-3-7-19-33(25)27(31-23)28-32-24(26-12-4-8-20-34(26)28)16-14-22-10-2-6-18-30-22/h1-20H/b15-13+,16-14+. The third-order valence-corrected chi connectivity index (χ3v) is 5.55. The van der Waals surface area contributed by atoms with Gasteiger partial charge in [-0.2, -0.15) is 0 Å². The van der Waals surface area contributed by atoms with E-state index in [2.05, 4.69) is 30.9 Å². The minimum absolute atomic E-state index is 0.773. The molecule has 6 rings (SSSR count). The van der Waals surface area contributed by atoms with Crippen molar-refractivity contribution in [1.82, 2.24) is 28.7 Å². The van der Waals surface area contributed by atoms with Crippen LogP contribution in [-0.2, 0) is 0 Å². The molecule has 0 aliphatic carbocycles. The van der Waals surface area contributed by atoms with Crippen molar-refractivity contribution in [3.05, 3.63) is 120 Å². The molecule has 0 aliphatic heterocycles. The summed E-state index contributed by atoms with van der Waals surface area (Å²) in [7, 11) is 0. The first-order valence-electron chi connectivity index (χ1n) is 11.0. The summed E-state index contributed by atoms with van der Waals surface area (Å²) < 4.78 is 4.15. The zero-order chi connectivity index (χ0) is 22.7. The van der Waals surface area contributed by atoms with Gasteiger partial charge in [0.2, 0.25) is 0 Å². The third kappa shape index (κ3) is 3.67. The summed E-state index contributed by atoms with van der Waals surface area (Å²) in [5.74, 6) is 1.55. The first-order valence-corrected chi connectivity index (χ1v) is 11.0. The molecule has 0 radical (unpaired) electrons. The van der Waals surface area contributed by atoms with Crippen molar-refractivity contribution in [1.29, 1.82) is 0 Å². The Morgan fingerprint density at radius 1 is 0.500 bits per heavy atom. The molecular formula is C28H20N6. The molecule has 6 nitrogen and oxygen atoms in total. The quantitative estimate of drug-likeness (QED) is 0.341. The fourth-order valence-electron chi connectivity index (χ4n) is 3.96. The zero-order valence-corrected chi connectivity index (χ0v) is 18.2. The van der Waals surface area contributed by atoms with Crippen LogP contribution in [0, 0.1) is 0 Å². The van der Waals surface area contributed by atoms with Gasteiger partial charge in [-0.05, 0) is 72.8 Å². The molecule has 162 valence electrons. The van der Waals surface area contributed by atoms with Crippen LogP contribution >= 0.6 is 0 Å². The Kier molecular flexibility index (Phi) is 5.01. The molecule has 0 bridgehead atoms. The Morgan fingerprint density at radius 2 is 0.971 bits per heavy atom. The first kappa shape index (κ1) is 19.8. The zero-order valence-electron chi connectivity index (χ0n) is 18.2. The summed E-state index contributed by atoms with van der Waals surface area (Å²) in [6.07, 6.45) is 15.6. The summed E-state index contributed by atoms with van der Waals surface area (Å²) in [5.41, 5.74) is 5.49. The highest BCUT2D eigenvalue weighted by Crippen LogP contribution is 2.26. The van der Waals surface area contributed by atoms with E-state index in [1.54, 1.807) is 12.4 Å². The Hall–Kier alpha value is -4.84. The number of rotatable bonds is 5. The van der Waals surface area contributed by atoms with Gasteiger partial charge in [-0.3, -0.25) is 18.8 Å². The molecule has 6 heteroatoms. The molecule has 0 unspecified atom stereocenters. The lowest BCUT2D eigenvalue weighted by Crippen LogP contribution is -1.94. The summed E-state index contributed by atoms with van der Waals surface area (Å²) in [6, 6.07) is 23.9. The number of aromatic nitrogens is 6. The predicted octanol–water partition coefficient (Wildman–Crippen LogP) is 5.78. The maximum atomic E-state index is 4.98. The van der Waals surface area contributed by atoms with Crippen LogP contribution in [0.1, 0.15) is 22.8 Å². The second kappa shape index (κ2) is 8.60. The lowest BCUT2D eigenvalue weighted by molar-refractivity contribution is 1.07. The van der Waals surface area contributed by atoms with Crippen molar-refractivity contribution in [3.63, 3.8) is 0 Å². The predicted molar refractivity (Wildman–Crippen MR) is 136 cm³/mol. The molecule has 0 aliphatic rings. The van der Waals surface area contributed by atoms with Crippen molar-refractivity contribution in [3.8, 4) is 11.6 Å². The smallest absolute Gasteiger partial charge is 0.182 e. The second-order valence-corrected chi connectivity index (χ2v) is 7.73. The fourth-order valence-corrected chi connectivity index (χ4v) is 3.96. The number of nitrogens with zero attached hydrogens (tertiary/aromatic N) is 6. The summed E-state index contributed by atoms with van der Waals surface area (Å²) >= 11 is 0. The van der Waals surface area contributed by atoms with E-state index in [1.807, 2.05) is 97.4 Å². The van der Waals surface area contributed by atoms with E-state index in [4.69, 9.17) is 9.97 Å². The lowest BCUT2D eigenvalue weighted by Gasteiger charge is -2.00. The third-order valence-electron chi connectivity index (χ3n) is 5.55. The van der Waals surface area contributed by atoms with Gasteiger partial charge >= 0.3 is 0 Å².